The maximum atomic E-state index is 5.47. The molecule has 0 fully saturated rings. The Labute approximate surface area is 75.7 Å². The molecule has 0 aliphatic rings. The monoisotopic (exact) mass is 190 g/mol. The molecular formula is C8H18O3Si. The Balaban J connectivity index is 4.27. The Kier molecular flexibility index (Phi) is 6.28. The van der Waals surface area contributed by atoms with Gasteiger partial charge in [0, 0.05) is 20.3 Å². The van der Waals surface area contributed by atoms with Crippen molar-refractivity contribution in [2.24, 2.45) is 0 Å². The van der Waals surface area contributed by atoms with E-state index in [4.69, 9.17) is 13.3 Å². The third-order valence-corrected chi connectivity index (χ3v) is 4.04. The molecule has 0 radical (unpaired) electrons. The van der Waals surface area contributed by atoms with Gasteiger partial charge in [-0.05, 0) is 26.5 Å². The maximum Gasteiger partial charge on any atom is 0.528 e. The van der Waals surface area contributed by atoms with Crippen molar-refractivity contribution in [1.82, 2.24) is 0 Å². The van der Waals surface area contributed by atoms with E-state index in [1.165, 1.54) is 0 Å². The Morgan fingerprint density at radius 3 is 1.92 bits per heavy atom. The second-order valence-electron chi connectivity index (χ2n) is 2.17. The second kappa shape index (κ2) is 6.36. The van der Waals surface area contributed by atoms with Crippen molar-refractivity contribution in [2.45, 2.75) is 20.8 Å². The highest BCUT2D eigenvalue weighted by atomic mass is 28.4. The summed E-state index contributed by atoms with van der Waals surface area (Å²) in [5.41, 5.74) is 1.89. The quantitative estimate of drug-likeness (QED) is 0.597. The van der Waals surface area contributed by atoms with Gasteiger partial charge in [-0.15, -0.1) is 0 Å². The van der Waals surface area contributed by atoms with Crippen LogP contribution in [0.2, 0.25) is 0 Å². The molecule has 72 valence electrons. The largest absolute Gasteiger partial charge is 0.528 e. The van der Waals surface area contributed by atoms with Gasteiger partial charge in [0.25, 0.3) is 0 Å². The highest BCUT2D eigenvalue weighted by molar-refractivity contribution is 6.66. The molecule has 0 N–H and O–H groups in total. The number of rotatable bonds is 6. The first kappa shape index (κ1) is 11.8. The lowest BCUT2D eigenvalue weighted by Gasteiger charge is -2.23. The SMILES string of the molecule is CC=C[Si](OC)(OCC)OCC. The van der Waals surface area contributed by atoms with Crippen molar-refractivity contribution >= 4 is 8.80 Å². The summed E-state index contributed by atoms with van der Waals surface area (Å²) in [4.78, 5) is 0. The van der Waals surface area contributed by atoms with Crippen molar-refractivity contribution in [3.63, 3.8) is 0 Å². The minimum Gasteiger partial charge on any atom is -0.374 e. The van der Waals surface area contributed by atoms with Crippen LogP contribution in [0.25, 0.3) is 0 Å². The van der Waals surface area contributed by atoms with Crippen molar-refractivity contribution in [2.75, 3.05) is 20.3 Å². The van der Waals surface area contributed by atoms with E-state index >= 15 is 0 Å². The molecule has 0 heterocycles. The maximum absolute atomic E-state index is 5.47. The average molecular weight is 190 g/mol. The standard InChI is InChI=1S/C8H18O3Si/c1-5-8-12(9-4,10-6-2)11-7-3/h5,8H,6-7H2,1-4H3. The fourth-order valence-corrected chi connectivity index (χ4v) is 2.79. The molecule has 4 heteroatoms. The molecule has 0 aliphatic heterocycles. The van der Waals surface area contributed by atoms with E-state index in [2.05, 4.69) is 0 Å². The van der Waals surface area contributed by atoms with Crippen molar-refractivity contribution in [3.8, 4) is 0 Å². The molecule has 0 aromatic rings. The Morgan fingerprint density at radius 2 is 1.67 bits per heavy atom. The molecule has 3 nitrogen and oxygen atoms in total. The van der Waals surface area contributed by atoms with Crippen molar-refractivity contribution in [3.05, 3.63) is 11.8 Å². The van der Waals surface area contributed by atoms with Crippen LogP contribution in [-0.4, -0.2) is 29.1 Å². The highest BCUT2D eigenvalue weighted by Gasteiger charge is 2.35. The van der Waals surface area contributed by atoms with Crippen LogP contribution in [0.5, 0.6) is 0 Å². The van der Waals surface area contributed by atoms with Crippen LogP contribution in [0.3, 0.4) is 0 Å². The van der Waals surface area contributed by atoms with Crippen LogP contribution in [0, 0.1) is 0 Å². The normalized spacial score (nSPS) is 12.7. The third-order valence-electron chi connectivity index (χ3n) is 1.35. The molecular weight excluding hydrogens is 172 g/mol. The second-order valence-corrected chi connectivity index (χ2v) is 4.70. The smallest absolute Gasteiger partial charge is 0.374 e. The van der Waals surface area contributed by atoms with E-state index in [1.54, 1.807) is 7.11 Å². The van der Waals surface area contributed by atoms with E-state index in [-0.39, 0.29) is 0 Å². The molecule has 12 heavy (non-hydrogen) atoms. The molecule has 0 spiro atoms. The lowest BCUT2D eigenvalue weighted by atomic mass is 10.8. The highest BCUT2D eigenvalue weighted by Crippen LogP contribution is 2.09. The molecule has 0 bridgehead atoms. The van der Waals surface area contributed by atoms with E-state index < -0.39 is 8.80 Å². The Morgan fingerprint density at radius 1 is 1.17 bits per heavy atom. The summed E-state index contributed by atoms with van der Waals surface area (Å²) in [6.45, 7) is 7.03. The molecule has 0 aliphatic carbocycles. The molecule has 0 rings (SSSR count). The first-order valence-electron chi connectivity index (χ1n) is 4.21. The van der Waals surface area contributed by atoms with E-state index in [0.29, 0.717) is 13.2 Å². The summed E-state index contributed by atoms with van der Waals surface area (Å²) < 4.78 is 16.2. The van der Waals surface area contributed by atoms with E-state index in [0.717, 1.165) is 0 Å². The summed E-state index contributed by atoms with van der Waals surface area (Å²) in [5, 5.41) is 0. The van der Waals surface area contributed by atoms with Gasteiger partial charge in [-0.1, -0.05) is 6.08 Å². The summed E-state index contributed by atoms with van der Waals surface area (Å²) in [7, 11) is -0.827. The summed E-state index contributed by atoms with van der Waals surface area (Å²) in [5.74, 6) is 0. The van der Waals surface area contributed by atoms with Gasteiger partial charge in [0.2, 0.25) is 0 Å². The first-order chi connectivity index (χ1) is 5.74. The molecule has 0 saturated carbocycles. The number of hydrogen-bond acceptors (Lipinski definition) is 3. The summed E-state index contributed by atoms with van der Waals surface area (Å²) in [6, 6.07) is 0. The van der Waals surface area contributed by atoms with Crippen molar-refractivity contribution < 1.29 is 13.3 Å². The number of hydrogen-bond donors (Lipinski definition) is 0. The lowest BCUT2D eigenvalue weighted by molar-refractivity contribution is 0.100. The number of allylic oxidation sites excluding steroid dienone is 1. The van der Waals surface area contributed by atoms with Gasteiger partial charge in [-0.2, -0.15) is 0 Å². The van der Waals surface area contributed by atoms with E-state index in [9.17, 15) is 0 Å². The fourth-order valence-electron chi connectivity index (χ4n) is 0.930. The van der Waals surface area contributed by atoms with Crippen LogP contribution in [0.15, 0.2) is 11.8 Å². The Hall–Kier alpha value is -0.163. The van der Waals surface area contributed by atoms with Gasteiger partial charge in [-0.3, -0.25) is 0 Å². The van der Waals surface area contributed by atoms with Crippen molar-refractivity contribution in [1.29, 1.82) is 0 Å². The minimum absolute atomic E-state index is 0.615. The van der Waals surface area contributed by atoms with Crippen LogP contribution in [0.4, 0.5) is 0 Å². The average Bonchev–Trinajstić information content (AvgIpc) is 2.06. The first-order valence-corrected chi connectivity index (χ1v) is 6.01. The molecule has 0 amide bonds. The van der Waals surface area contributed by atoms with Crippen LogP contribution in [0.1, 0.15) is 20.8 Å². The molecule has 0 saturated heterocycles. The minimum atomic E-state index is -2.45. The van der Waals surface area contributed by atoms with E-state index in [1.807, 2.05) is 32.5 Å². The molecule has 0 unspecified atom stereocenters. The molecule has 0 aromatic heterocycles. The third kappa shape index (κ3) is 3.49. The summed E-state index contributed by atoms with van der Waals surface area (Å²) in [6.07, 6.45) is 1.90. The topological polar surface area (TPSA) is 27.7 Å². The molecule has 0 aromatic carbocycles. The zero-order valence-electron chi connectivity index (χ0n) is 8.29. The summed E-state index contributed by atoms with van der Waals surface area (Å²) >= 11 is 0. The predicted molar refractivity (Wildman–Crippen MR) is 50.8 cm³/mol. The van der Waals surface area contributed by atoms with Crippen LogP contribution < -0.4 is 0 Å². The van der Waals surface area contributed by atoms with Crippen LogP contribution >= 0.6 is 0 Å². The molecule has 0 atom stereocenters. The van der Waals surface area contributed by atoms with Gasteiger partial charge < -0.3 is 13.3 Å². The van der Waals surface area contributed by atoms with Gasteiger partial charge in [-0.25, -0.2) is 0 Å². The van der Waals surface area contributed by atoms with Gasteiger partial charge >= 0.3 is 8.80 Å². The fraction of sp³-hybridized carbons (Fsp3) is 0.750. The van der Waals surface area contributed by atoms with Crippen LogP contribution in [-0.2, 0) is 13.3 Å². The zero-order chi connectivity index (χ0) is 9.45. The zero-order valence-corrected chi connectivity index (χ0v) is 9.29. The van der Waals surface area contributed by atoms with Gasteiger partial charge in [0.1, 0.15) is 0 Å². The Bertz CT molecular complexity index is 130. The van der Waals surface area contributed by atoms with Gasteiger partial charge in [0.15, 0.2) is 0 Å². The lowest BCUT2D eigenvalue weighted by Crippen LogP contribution is -2.43. The predicted octanol–water partition coefficient (Wildman–Crippen LogP) is 1.76. The van der Waals surface area contributed by atoms with Gasteiger partial charge in [0.05, 0.1) is 0 Å².